The summed E-state index contributed by atoms with van der Waals surface area (Å²) in [5.74, 6) is -0.684. The minimum atomic E-state index is -0.535. The topological polar surface area (TPSA) is 55.4 Å². The minimum Gasteiger partial charge on any atom is -0.462 e. The molecule has 1 heterocycles. The molecule has 0 radical (unpaired) electrons. The minimum absolute atomic E-state index is 0.102. The maximum absolute atomic E-state index is 11.3. The molecule has 0 amide bonds. The van der Waals surface area contributed by atoms with Crippen molar-refractivity contribution >= 4 is 11.8 Å². The number of ether oxygens (including phenoxy) is 1. The first-order chi connectivity index (χ1) is 6.15. The summed E-state index contributed by atoms with van der Waals surface area (Å²) in [5.41, 5.74) is 0.125. The van der Waals surface area contributed by atoms with Gasteiger partial charge in [-0.25, -0.2) is 4.79 Å². The number of Topliss-reactive ketones (excluding diaryl/α,β-unsaturated/α-hetero) is 1. The molecule has 0 saturated carbocycles. The molecule has 0 aliphatic carbocycles. The van der Waals surface area contributed by atoms with Crippen LogP contribution in [0.3, 0.4) is 0 Å². The summed E-state index contributed by atoms with van der Waals surface area (Å²) in [6.45, 7) is 3.89. The maximum atomic E-state index is 11.3. The molecule has 0 aromatic carbocycles. The molecule has 0 fully saturated rings. The van der Waals surface area contributed by atoms with E-state index in [4.69, 9.17) is 4.74 Å². The molecular weight excluding hydrogens is 170 g/mol. The third-order valence-electron chi connectivity index (χ3n) is 1.80. The molecule has 1 unspecified atom stereocenters. The first kappa shape index (κ1) is 9.77. The quantitative estimate of drug-likeness (QED) is 0.497. The number of carbonyl (C=O) groups is 2. The summed E-state index contributed by atoms with van der Waals surface area (Å²) in [7, 11) is 0. The molecular formula is C9H13NO3. The van der Waals surface area contributed by atoms with Gasteiger partial charge in [-0.15, -0.1) is 0 Å². The molecule has 0 aromatic rings. The predicted molar refractivity (Wildman–Crippen MR) is 46.9 cm³/mol. The number of esters is 1. The normalized spacial score (nSPS) is 21.8. The van der Waals surface area contributed by atoms with Crippen molar-refractivity contribution < 1.29 is 14.3 Å². The Hall–Kier alpha value is -1.32. The lowest BCUT2D eigenvalue weighted by molar-refractivity contribution is -0.140. The van der Waals surface area contributed by atoms with Crippen molar-refractivity contribution in [1.82, 2.24) is 5.32 Å². The fourth-order valence-corrected chi connectivity index (χ4v) is 1.13. The van der Waals surface area contributed by atoms with Crippen LogP contribution in [0.25, 0.3) is 0 Å². The number of hydrogen-bond acceptors (Lipinski definition) is 4. The molecule has 1 aliphatic heterocycles. The van der Waals surface area contributed by atoms with E-state index >= 15 is 0 Å². The van der Waals surface area contributed by atoms with Crippen LogP contribution in [0.2, 0.25) is 0 Å². The van der Waals surface area contributed by atoms with E-state index < -0.39 is 5.97 Å². The van der Waals surface area contributed by atoms with E-state index in [1.54, 1.807) is 6.92 Å². The molecule has 72 valence electrons. The standard InChI is InChI=1S/C9H13NO3/c1-3-13-9(12)7-5-10-6(2)4-8(7)11/h5-6,10H,3-4H2,1-2H3. The first-order valence-corrected chi connectivity index (χ1v) is 4.31. The van der Waals surface area contributed by atoms with Crippen LogP contribution in [0.4, 0.5) is 0 Å². The Morgan fingerprint density at radius 3 is 3.00 bits per heavy atom. The first-order valence-electron chi connectivity index (χ1n) is 4.31. The molecule has 1 atom stereocenters. The van der Waals surface area contributed by atoms with Gasteiger partial charge >= 0.3 is 5.97 Å². The van der Waals surface area contributed by atoms with Crippen LogP contribution in [-0.4, -0.2) is 24.4 Å². The van der Waals surface area contributed by atoms with Crippen LogP contribution in [0.1, 0.15) is 20.3 Å². The van der Waals surface area contributed by atoms with Crippen molar-refractivity contribution in [2.75, 3.05) is 6.61 Å². The van der Waals surface area contributed by atoms with Crippen LogP contribution in [0.5, 0.6) is 0 Å². The van der Waals surface area contributed by atoms with Crippen molar-refractivity contribution in [3.05, 3.63) is 11.8 Å². The Balaban J connectivity index is 2.69. The highest BCUT2D eigenvalue weighted by molar-refractivity contribution is 6.17. The average Bonchev–Trinajstić information content (AvgIpc) is 2.04. The SMILES string of the molecule is CCOC(=O)C1=CNC(C)CC1=O. The third-order valence-corrected chi connectivity index (χ3v) is 1.80. The van der Waals surface area contributed by atoms with Crippen molar-refractivity contribution in [2.24, 2.45) is 0 Å². The van der Waals surface area contributed by atoms with Crippen LogP contribution < -0.4 is 5.32 Å². The van der Waals surface area contributed by atoms with Crippen molar-refractivity contribution in [1.29, 1.82) is 0 Å². The predicted octanol–water partition coefficient (Wildman–Crippen LogP) is 0.384. The summed E-state index contributed by atoms with van der Waals surface area (Å²) < 4.78 is 4.72. The fourth-order valence-electron chi connectivity index (χ4n) is 1.13. The van der Waals surface area contributed by atoms with Gasteiger partial charge in [0.15, 0.2) is 5.78 Å². The number of ketones is 1. The molecule has 0 spiro atoms. The summed E-state index contributed by atoms with van der Waals surface area (Å²) in [4.78, 5) is 22.5. The monoisotopic (exact) mass is 183 g/mol. The van der Waals surface area contributed by atoms with Gasteiger partial charge in [0, 0.05) is 18.7 Å². The van der Waals surface area contributed by atoms with E-state index in [9.17, 15) is 9.59 Å². The van der Waals surface area contributed by atoms with Crippen LogP contribution in [0.15, 0.2) is 11.8 Å². The highest BCUT2D eigenvalue weighted by Crippen LogP contribution is 2.10. The highest BCUT2D eigenvalue weighted by Gasteiger charge is 2.24. The maximum Gasteiger partial charge on any atom is 0.343 e. The van der Waals surface area contributed by atoms with E-state index in [0.29, 0.717) is 13.0 Å². The number of nitrogens with one attached hydrogen (secondary N) is 1. The summed E-state index contributed by atoms with van der Waals surface area (Å²) >= 11 is 0. The number of rotatable bonds is 2. The zero-order valence-electron chi connectivity index (χ0n) is 7.79. The van der Waals surface area contributed by atoms with Gasteiger partial charge in [-0.1, -0.05) is 0 Å². The molecule has 1 N–H and O–H groups in total. The molecule has 0 bridgehead atoms. The summed E-state index contributed by atoms with van der Waals surface area (Å²) in [6.07, 6.45) is 1.79. The van der Waals surface area contributed by atoms with E-state index in [-0.39, 0.29) is 17.4 Å². The molecule has 1 rings (SSSR count). The largest absolute Gasteiger partial charge is 0.462 e. The zero-order chi connectivity index (χ0) is 9.84. The second-order valence-corrected chi connectivity index (χ2v) is 2.97. The summed E-state index contributed by atoms with van der Waals surface area (Å²) in [5, 5.41) is 2.92. The molecule has 4 nitrogen and oxygen atoms in total. The lowest BCUT2D eigenvalue weighted by Crippen LogP contribution is -2.33. The number of hydrogen-bond donors (Lipinski definition) is 1. The molecule has 4 heteroatoms. The van der Waals surface area contributed by atoms with Gasteiger partial charge in [-0.05, 0) is 13.8 Å². The molecule has 0 saturated heterocycles. The van der Waals surface area contributed by atoms with Crippen LogP contribution >= 0.6 is 0 Å². The van der Waals surface area contributed by atoms with Crippen molar-refractivity contribution in [2.45, 2.75) is 26.3 Å². The van der Waals surface area contributed by atoms with E-state index in [1.807, 2.05) is 6.92 Å². The van der Waals surface area contributed by atoms with Gasteiger partial charge < -0.3 is 10.1 Å². The zero-order valence-corrected chi connectivity index (χ0v) is 7.79. The summed E-state index contributed by atoms with van der Waals surface area (Å²) in [6, 6.07) is 0.102. The van der Waals surface area contributed by atoms with E-state index in [1.165, 1.54) is 6.20 Å². The van der Waals surface area contributed by atoms with Gasteiger partial charge in [-0.3, -0.25) is 4.79 Å². The van der Waals surface area contributed by atoms with E-state index in [2.05, 4.69) is 5.32 Å². The van der Waals surface area contributed by atoms with Crippen molar-refractivity contribution in [3.63, 3.8) is 0 Å². The average molecular weight is 183 g/mol. The Kier molecular flexibility index (Phi) is 3.06. The molecule has 0 aromatic heterocycles. The van der Waals surface area contributed by atoms with Gasteiger partial charge in [0.2, 0.25) is 0 Å². The van der Waals surface area contributed by atoms with Crippen LogP contribution in [0, 0.1) is 0 Å². The van der Waals surface area contributed by atoms with Gasteiger partial charge in [0.05, 0.1) is 6.61 Å². The molecule has 1 aliphatic rings. The second-order valence-electron chi connectivity index (χ2n) is 2.97. The molecule has 13 heavy (non-hydrogen) atoms. The van der Waals surface area contributed by atoms with Gasteiger partial charge in [-0.2, -0.15) is 0 Å². The second kappa shape index (κ2) is 4.07. The van der Waals surface area contributed by atoms with Crippen molar-refractivity contribution in [3.8, 4) is 0 Å². The number of carbonyl (C=O) groups excluding carboxylic acids is 2. The Bertz CT molecular complexity index is 258. The Morgan fingerprint density at radius 2 is 2.46 bits per heavy atom. The van der Waals surface area contributed by atoms with Gasteiger partial charge in [0.25, 0.3) is 0 Å². The lowest BCUT2D eigenvalue weighted by atomic mass is 10.0. The smallest absolute Gasteiger partial charge is 0.343 e. The highest BCUT2D eigenvalue weighted by atomic mass is 16.5. The lowest BCUT2D eigenvalue weighted by Gasteiger charge is -2.18. The third kappa shape index (κ3) is 2.31. The Morgan fingerprint density at radius 1 is 1.77 bits per heavy atom. The fraction of sp³-hybridized carbons (Fsp3) is 0.556. The van der Waals surface area contributed by atoms with Crippen LogP contribution in [-0.2, 0) is 14.3 Å². The Labute approximate surface area is 76.9 Å². The van der Waals surface area contributed by atoms with E-state index in [0.717, 1.165) is 0 Å². The van der Waals surface area contributed by atoms with Gasteiger partial charge in [0.1, 0.15) is 5.57 Å².